The summed E-state index contributed by atoms with van der Waals surface area (Å²) in [6.45, 7) is 1.11. The van der Waals surface area contributed by atoms with Crippen LogP contribution in [0.25, 0.3) is 0 Å². The van der Waals surface area contributed by atoms with E-state index in [1.54, 1.807) is 24.3 Å². The zero-order valence-corrected chi connectivity index (χ0v) is 11.7. The van der Waals surface area contributed by atoms with Gasteiger partial charge in [0.25, 0.3) is 0 Å². The number of nitrogens with zero attached hydrogens (tertiary/aromatic N) is 1. The van der Waals surface area contributed by atoms with Gasteiger partial charge in [0.05, 0.1) is 0 Å². The topological polar surface area (TPSA) is 41.9 Å². The van der Waals surface area contributed by atoms with Crippen LogP contribution in [-0.2, 0) is 13.1 Å². The molecule has 0 bridgehead atoms. The minimum atomic E-state index is -0.223. The number of aromatic hydroxyl groups is 1. The first kappa shape index (κ1) is 13.7. The van der Waals surface area contributed by atoms with Crippen molar-refractivity contribution in [3.63, 3.8) is 0 Å². The lowest BCUT2D eigenvalue weighted by molar-refractivity contribution is 0.174. The molecule has 0 saturated carbocycles. The number of ether oxygens (including phenoxy) is 2. The van der Waals surface area contributed by atoms with Crippen LogP contribution in [0.3, 0.4) is 0 Å². The van der Waals surface area contributed by atoms with Gasteiger partial charge >= 0.3 is 0 Å². The van der Waals surface area contributed by atoms with Crippen molar-refractivity contribution in [3.05, 3.63) is 53.3 Å². The largest absolute Gasteiger partial charge is 0.507 e. The van der Waals surface area contributed by atoms with E-state index in [1.807, 2.05) is 18.0 Å². The van der Waals surface area contributed by atoms with E-state index in [2.05, 4.69) is 0 Å². The van der Waals surface area contributed by atoms with Gasteiger partial charge in [-0.05, 0) is 19.2 Å². The smallest absolute Gasteiger partial charge is 0.231 e. The third kappa shape index (κ3) is 2.92. The number of halogens is 1. The van der Waals surface area contributed by atoms with E-state index in [0.29, 0.717) is 30.2 Å². The molecule has 1 heterocycles. The highest BCUT2D eigenvalue weighted by Crippen LogP contribution is 2.38. The lowest BCUT2D eigenvalue weighted by Gasteiger charge is -2.18. The van der Waals surface area contributed by atoms with Crippen LogP contribution < -0.4 is 9.47 Å². The van der Waals surface area contributed by atoms with E-state index >= 15 is 0 Å². The summed E-state index contributed by atoms with van der Waals surface area (Å²) in [4.78, 5) is 1.93. The molecule has 3 rings (SSSR count). The highest BCUT2D eigenvalue weighted by Gasteiger charge is 2.18. The lowest BCUT2D eigenvalue weighted by Crippen LogP contribution is -2.18. The van der Waals surface area contributed by atoms with Crippen LogP contribution in [0.15, 0.2) is 36.4 Å². The fraction of sp³-hybridized carbons (Fsp3) is 0.250. The second-order valence-electron chi connectivity index (χ2n) is 5.10. The molecule has 5 heteroatoms. The van der Waals surface area contributed by atoms with Crippen LogP contribution in [-0.4, -0.2) is 23.8 Å². The number of phenols is 1. The number of hydrogen-bond acceptors (Lipinski definition) is 4. The van der Waals surface area contributed by atoms with Crippen molar-refractivity contribution >= 4 is 0 Å². The van der Waals surface area contributed by atoms with Gasteiger partial charge in [-0.1, -0.05) is 18.2 Å². The van der Waals surface area contributed by atoms with Crippen molar-refractivity contribution in [3.8, 4) is 17.2 Å². The van der Waals surface area contributed by atoms with Crippen LogP contribution >= 0.6 is 0 Å². The van der Waals surface area contributed by atoms with Crippen LogP contribution in [0.2, 0.25) is 0 Å². The van der Waals surface area contributed by atoms with Crippen LogP contribution in [0.4, 0.5) is 4.39 Å². The van der Waals surface area contributed by atoms with Crippen molar-refractivity contribution in [1.82, 2.24) is 4.90 Å². The summed E-state index contributed by atoms with van der Waals surface area (Å²) in [5, 5.41) is 10.0. The first-order valence-electron chi connectivity index (χ1n) is 6.67. The van der Waals surface area contributed by atoms with Crippen molar-refractivity contribution in [2.45, 2.75) is 13.1 Å². The molecule has 1 aliphatic rings. The van der Waals surface area contributed by atoms with Gasteiger partial charge in [0.2, 0.25) is 6.79 Å². The van der Waals surface area contributed by atoms with E-state index < -0.39 is 0 Å². The molecular weight excluding hydrogens is 273 g/mol. The normalized spacial score (nSPS) is 12.9. The maximum Gasteiger partial charge on any atom is 0.231 e. The SMILES string of the molecule is CN(Cc1cc2c(cc1O)OCO2)Cc1ccccc1F. The summed E-state index contributed by atoms with van der Waals surface area (Å²) < 4.78 is 24.1. The number of fused-ring (bicyclic) bond motifs is 1. The van der Waals surface area contributed by atoms with E-state index in [-0.39, 0.29) is 18.4 Å². The molecule has 0 saturated heterocycles. The average Bonchev–Trinajstić information content (AvgIpc) is 2.89. The van der Waals surface area contributed by atoms with E-state index in [9.17, 15) is 9.50 Å². The Morgan fingerprint density at radius 3 is 2.52 bits per heavy atom. The molecule has 0 fully saturated rings. The zero-order chi connectivity index (χ0) is 14.8. The average molecular weight is 289 g/mol. The molecular formula is C16H16FNO3. The molecule has 0 radical (unpaired) electrons. The first-order chi connectivity index (χ1) is 10.1. The third-order valence-corrected chi connectivity index (χ3v) is 3.41. The second-order valence-corrected chi connectivity index (χ2v) is 5.10. The van der Waals surface area contributed by atoms with Crippen molar-refractivity contribution in [2.24, 2.45) is 0 Å². The third-order valence-electron chi connectivity index (χ3n) is 3.41. The van der Waals surface area contributed by atoms with Crippen molar-refractivity contribution < 1.29 is 19.0 Å². The summed E-state index contributed by atoms with van der Waals surface area (Å²) in [5.41, 5.74) is 1.35. The van der Waals surface area contributed by atoms with Crippen LogP contribution in [0.5, 0.6) is 17.2 Å². The Hall–Kier alpha value is -2.27. The number of rotatable bonds is 4. The Balaban J connectivity index is 1.73. The summed E-state index contributed by atoms with van der Waals surface area (Å²) in [6, 6.07) is 9.99. The fourth-order valence-electron chi connectivity index (χ4n) is 2.36. The van der Waals surface area contributed by atoms with E-state index in [0.717, 1.165) is 5.56 Å². The maximum atomic E-state index is 13.6. The number of hydrogen-bond donors (Lipinski definition) is 1. The van der Waals surface area contributed by atoms with Gasteiger partial charge in [-0.25, -0.2) is 4.39 Å². The predicted molar refractivity (Wildman–Crippen MR) is 75.8 cm³/mol. The van der Waals surface area contributed by atoms with Gasteiger partial charge in [-0.2, -0.15) is 0 Å². The van der Waals surface area contributed by atoms with Crippen molar-refractivity contribution in [2.75, 3.05) is 13.8 Å². The molecule has 21 heavy (non-hydrogen) atoms. The monoisotopic (exact) mass is 289 g/mol. The van der Waals surface area contributed by atoms with Gasteiger partial charge in [0.15, 0.2) is 11.5 Å². The van der Waals surface area contributed by atoms with Gasteiger partial charge in [0, 0.05) is 30.3 Å². The fourth-order valence-corrected chi connectivity index (χ4v) is 2.36. The van der Waals surface area contributed by atoms with E-state index in [1.165, 1.54) is 6.07 Å². The standard InChI is InChI=1S/C16H16FNO3/c1-18(8-11-4-2-3-5-13(11)17)9-12-6-15-16(7-14(12)19)21-10-20-15/h2-7,19H,8-10H2,1H3. The van der Waals surface area contributed by atoms with Gasteiger partial charge in [-0.15, -0.1) is 0 Å². The first-order valence-corrected chi connectivity index (χ1v) is 6.67. The molecule has 2 aromatic rings. The van der Waals surface area contributed by atoms with E-state index in [4.69, 9.17) is 9.47 Å². The molecule has 110 valence electrons. The Morgan fingerprint density at radius 1 is 1.10 bits per heavy atom. The number of phenolic OH excluding ortho intramolecular Hbond substituents is 1. The molecule has 0 atom stereocenters. The predicted octanol–water partition coefficient (Wildman–Crippen LogP) is 2.89. The minimum Gasteiger partial charge on any atom is -0.507 e. The molecule has 0 aromatic heterocycles. The molecule has 2 aromatic carbocycles. The van der Waals surface area contributed by atoms with Crippen LogP contribution in [0.1, 0.15) is 11.1 Å². The van der Waals surface area contributed by atoms with Crippen LogP contribution in [0, 0.1) is 5.82 Å². The molecule has 0 unspecified atom stereocenters. The second kappa shape index (κ2) is 5.61. The molecule has 1 aliphatic heterocycles. The lowest BCUT2D eigenvalue weighted by atomic mass is 10.1. The molecule has 0 spiro atoms. The summed E-state index contributed by atoms with van der Waals surface area (Å²) >= 11 is 0. The zero-order valence-electron chi connectivity index (χ0n) is 11.7. The summed E-state index contributed by atoms with van der Waals surface area (Å²) in [6.07, 6.45) is 0. The highest BCUT2D eigenvalue weighted by molar-refractivity contribution is 5.51. The molecule has 0 aliphatic carbocycles. The minimum absolute atomic E-state index is 0.152. The maximum absolute atomic E-state index is 13.6. The molecule has 4 nitrogen and oxygen atoms in total. The van der Waals surface area contributed by atoms with Gasteiger partial charge in [-0.3, -0.25) is 4.90 Å². The highest BCUT2D eigenvalue weighted by atomic mass is 19.1. The molecule has 0 amide bonds. The molecule has 1 N–H and O–H groups in total. The quantitative estimate of drug-likeness (QED) is 0.939. The Kier molecular flexibility index (Phi) is 3.66. The summed E-state index contributed by atoms with van der Waals surface area (Å²) in [5.74, 6) is 1.11. The Morgan fingerprint density at radius 2 is 1.76 bits per heavy atom. The summed E-state index contributed by atoms with van der Waals surface area (Å²) in [7, 11) is 1.87. The Bertz CT molecular complexity index is 660. The Labute approximate surface area is 122 Å². The van der Waals surface area contributed by atoms with Gasteiger partial charge in [0.1, 0.15) is 11.6 Å². The van der Waals surface area contributed by atoms with Crippen molar-refractivity contribution in [1.29, 1.82) is 0 Å². The number of benzene rings is 2. The van der Waals surface area contributed by atoms with Gasteiger partial charge < -0.3 is 14.6 Å².